The Labute approximate surface area is 72.3 Å². The number of rotatable bonds is 2. The van der Waals surface area contributed by atoms with Gasteiger partial charge in [-0.05, 0) is 13.0 Å². The van der Waals surface area contributed by atoms with Crippen LogP contribution in [0.4, 0.5) is 0 Å². The molecule has 1 rings (SSSR count). The highest BCUT2D eigenvalue weighted by molar-refractivity contribution is 5.80. The second-order valence-electron chi connectivity index (χ2n) is 2.52. The van der Waals surface area contributed by atoms with Crippen molar-refractivity contribution in [3.05, 3.63) is 24.4 Å². The molecule has 0 aliphatic carbocycles. The Hall–Kier alpha value is -1.09. The predicted molar refractivity (Wildman–Crippen MR) is 46.5 cm³/mol. The largest absolute Gasteiger partial charge is 0.370 e. The standard InChI is InChI=1S/C9H13NO2/c1-3-8(4-2)10-5-6-12-7-9(10)11/h3-4H,1,5-7H2,2H3. The number of hydrogen-bond donors (Lipinski definition) is 0. The molecule has 3 heteroatoms. The number of amides is 1. The molecule has 1 fully saturated rings. The first-order valence-electron chi connectivity index (χ1n) is 3.96. The molecule has 0 N–H and O–H groups in total. The average molecular weight is 167 g/mol. The number of ether oxygens (including phenoxy) is 1. The highest BCUT2D eigenvalue weighted by Gasteiger charge is 2.19. The first-order valence-corrected chi connectivity index (χ1v) is 3.96. The van der Waals surface area contributed by atoms with Crippen LogP contribution < -0.4 is 0 Å². The highest BCUT2D eigenvalue weighted by Crippen LogP contribution is 2.09. The van der Waals surface area contributed by atoms with Crippen LogP contribution in [0.1, 0.15) is 6.92 Å². The molecular weight excluding hydrogens is 154 g/mol. The van der Waals surface area contributed by atoms with Gasteiger partial charge in [0, 0.05) is 12.2 Å². The van der Waals surface area contributed by atoms with Crippen molar-refractivity contribution in [2.45, 2.75) is 6.92 Å². The van der Waals surface area contributed by atoms with Gasteiger partial charge in [0.05, 0.1) is 6.61 Å². The van der Waals surface area contributed by atoms with Crippen molar-refractivity contribution in [2.75, 3.05) is 19.8 Å². The molecule has 0 aromatic rings. The molecule has 1 heterocycles. The summed E-state index contributed by atoms with van der Waals surface area (Å²) in [5.41, 5.74) is 0.864. The molecule has 0 unspecified atom stereocenters. The lowest BCUT2D eigenvalue weighted by Gasteiger charge is -2.27. The molecule has 0 radical (unpaired) electrons. The zero-order valence-electron chi connectivity index (χ0n) is 7.25. The van der Waals surface area contributed by atoms with Gasteiger partial charge in [0.15, 0.2) is 0 Å². The van der Waals surface area contributed by atoms with Crippen LogP contribution >= 0.6 is 0 Å². The van der Waals surface area contributed by atoms with Gasteiger partial charge in [-0.2, -0.15) is 0 Å². The minimum absolute atomic E-state index is 0.00856. The maximum absolute atomic E-state index is 11.3. The molecule has 0 saturated carbocycles. The predicted octanol–water partition coefficient (Wildman–Crippen LogP) is 0.935. The molecule has 0 bridgehead atoms. The van der Waals surface area contributed by atoms with Crippen LogP contribution in [-0.4, -0.2) is 30.6 Å². The second-order valence-corrected chi connectivity index (χ2v) is 2.52. The van der Waals surface area contributed by atoms with E-state index in [1.165, 1.54) is 0 Å². The maximum atomic E-state index is 11.3. The van der Waals surface area contributed by atoms with E-state index in [1.54, 1.807) is 11.0 Å². The zero-order chi connectivity index (χ0) is 8.97. The fourth-order valence-corrected chi connectivity index (χ4v) is 1.17. The van der Waals surface area contributed by atoms with Crippen molar-refractivity contribution in [1.29, 1.82) is 0 Å². The van der Waals surface area contributed by atoms with Crippen molar-refractivity contribution >= 4 is 5.91 Å². The SMILES string of the molecule is C=CC(=CC)N1CCOCC1=O. The van der Waals surface area contributed by atoms with E-state index in [0.29, 0.717) is 13.2 Å². The first-order chi connectivity index (χ1) is 5.79. The molecule has 3 nitrogen and oxygen atoms in total. The Morgan fingerprint density at radius 1 is 1.75 bits per heavy atom. The molecular formula is C9H13NO2. The summed E-state index contributed by atoms with van der Waals surface area (Å²) in [5.74, 6) is 0.00856. The van der Waals surface area contributed by atoms with Crippen LogP contribution in [0.25, 0.3) is 0 Å². The molecule has 0 spiro atoms. The second kappa shape index (κ2) is 4.07. The first kappa shape index (κ1) is 9.00. The lowest BCUT2D eigenvalue weighted by molar-refractivity contribution is -0.139. The Morgan fingerprint density at radius 3 is 3.00 bits per heavy atom. The fourth-order valence-electron chi connectivity index (χ4n) is 1.17. The van der Waals surface area contributed by atoms with Gasteiger partial charge < -0.3 is 9.64 Å². The number of hydrogen-bond acceptors (Lipinski definition) is 2. The highest BCUT2D eigenvalue weighted by atomic mass is 16.5. The quantitative estimate of drug-likeness (QED) is 0.573. The van der Waals surface area contributed by atoms with E-state index < -0.39 is 0 Å². The van der Waals surface area contributed by atoms with E-state index in [9.17, 15) is 4.79 Å². The van der Waals surface area contributed by atoms with Crippen LogP contribution in [0.2, 0.25) is 0 Å². The van der Waals surface area contributed by atoms with E-state index in [1.807, 2.05) is 13.0 Å². The summed E-state index contributed by atoms with van der Waals surface area (Å²) in [6.07, 6.45) is 3.56. The minimum atomic E-state index is 0.00856. The third kappa shape index (κ3) is 1.74. The average Bonchev–Trinajstić information content (AvgIpc) is 2.10. The van der Waals surface area contributed by atoms with Gasteiger partial charge in [-0.25, -0.2) is 0 Å². The van der Waals surface area contributed by atoms with Gasteiger partial charge >= 0.3 is 0 Å². The van der Waals surface area contributed by atoms with E-state index in [4.69, 9.17) is 4.74 Å². The summed E-state index contributed by atoms with van der Waals surface area (Å²) in [6.45, 7) is 6.95. The van der Waals surface area contributed by atoms with Crippen molar-refractivity contribution < 1.29 is 9.53 Å². The fraction of sp³-hybridized carbons (Fsp3) is 0.444. The van der Waals surface area contributed by atoms with Crippen molar-refractivity contribution in [3.63, 3.8) is 0 Å². The molecule has 1 amide bonds. The van der Waals surface area contributed by atoms with Crippen LogP contribution in [-0.2, 0) is 9.53 Å². The maximum Gasteiger partial charge on any atom is 0.253 e. The Bertz CT molecular complexity index is 221. The molecule has 66 valence electrons. The van der Waals surface area contributed by atoms with Gasteiger partial charge in [-0.3, -0.25) is 4.79 Å². The molecule has 0 aromatic heterocycles. The van der Waals surface area contributed by atoms with Gasteiger partial charge in [0.25, 0.3) is 5.91 Å². The number of carbonyl (C=O) groups is 1. The van der Waals surface area contributed by atoms with Gasteiger partial charge in [0.2, 0.25) is 0 Å². The molecule has 1 saturated heterocycles. The van der Waals surface area contributed by atoms with E-state index in [-0.39, 0.29) is 12.5 Å². The Balaban J connectivity index is 2.71. The summed E-state index contributed by atoms with van der Waals surface area (Å²) in [4.78, 5) is 13.0. The molecule has 0 atom stereocenters. The summed E-state index contributed by atoms with van der Waals surface area (Å²) < 4.78 is 5.00. The van der Waals surface area contributed by atoms with Crippen LogP contribution in [0.15, 0.2) is 24.4 Å². The van der Waals surface area contributed by atoms with Gasteiger partial charge in [-0.15, -0.1) is 0 Å². The van der Waals surface area contributed by atoms with Crippen molar-refractivity contribution in [2.24, 2.45) is 0 Å². The lowest BCUT2D eigenvalue weighted by Crippen LogP contribution is -2.40. The molecule has 1 aliphatic heterocycles. The van der Waals surface area contributed by atoms with Crippen LogP contribution in [0, 0.1) is 0 Å². The summed E-state index contributed by atoms with van der Waals surface area (Å²) >= 11 is 0. The third-order valence-electron chi connectivity index (χ3n) is 1.80. The van der Waals surface area contributed by atoms with Crippen LogP contribution in [0.5, 0.6) is 0 Å². The number of carbonyl (C=O) groups excluding carboxylic acids is 1. The molecule has 0 aromatic carbocycles. The number of morpholine rings is 1. The topological polar surface area (TPSA) is 29.5 Å². The van der Waals surface area contributed by atoms with Gasteiger partial charge in [-0.1, -0.05) is 12.7 Å². The third-order valence-corrected chi connectivity index (χ3v) is 1.80. The van der Waals surface area contributed by atoms with Crippen molar-refractivity contribution in [1.82, 2.24) is 4.90 Å². The van der Waals surface area contributed by atoms with E-state index in [2.05, 4.69) is 6.58 Å². The lowest BCUT2D eigenvalue weighted by atomic mass is 10.3. The normalized spacial score (nSPS) is 19.6. The van der Waals surface area contributed by atoms with E-state index in [0.717, 1.165) is 5.70 Å². The summed E-state index contributed by atoms with van der Waals surface area (Å²) in [7, 11) is 0. The summed E-state index contributed by atoms with van der Waals surface area (Å²) in [5, 5.41) is 0. The Morgan fingerprint density at radius 2 is 2.50 bits per heavy atom. The number of nitrogens with zero attached hydrogens (tertiary/aromatic N) is 1. The molecule has 1 aliphatic rings. The minimum Gasteiger partial charge on any atom is -0.370 e. The summed E-state index contributed by atoms with van der Waals surface area (Å²) in [6, 6.07) is 0. The van der Waals surface area contributed by atoms with Crippen LogP contribution in [0.3, 0.4) is 0 Å². The smallest absolute Gasteiger partial charge is 0.253 e. The zero-order valence-corrected chi connectivity index (χ0v) is 7.25. The van der Waals surface area contributed by atoms with Crippen molar-refractivity contribution in [3.8, 4) is 0 Å². The monoisotopic (exact) mass is 167 g/mol. The number of allylic oxidation sites excluding steroid dienone is 2. The Kier molecular flexibility index (Phi) is 3.05. The van der Waals surface area contributed by atoms with E-state index >= 15 is 0 Å². The van der Waals surface area contributed by atoms with Gasteiger partial charge in [0.1, 0.15) is 6.61 Å². The molecule has 12 heavy (non-hydrogen) atoms.